The molecule has 0 bridgehead atoms. The van der Waals surface area contributed by atoms with Crippen LogP contribution in [0.3, 0.4) is 0 Å². The van der Waals surface area contributed by atoms with Crippen LogP contribution in [-0.4, -0.2) is 20.6 Å². The Bertz CT molecular complexity index is 476. The van der Waals surface area contributed by atoms with Gasteiger partial charge in [-0.25, -0.2) is 9.97 Å². The summed E-state index contributed by atoms with van der Waals surface area (Å²) in [5.74, 6) is 6.61. The van der Waals surface area contributed by atoms with E-state index in [4.69, 9.17) is 5.84 Å². The Labute approximate surface area is 105 Å². The summed E-state index contributed by atoms with van der Waals surface area (Å²) in [5.41, 5.74) is 3.92. The smallest absolute Gasteiger partial charge is 0.109 e. The average molecular weight is 251 g/mol. The lowest BCUT2D eigenvalue weighted by Gasteiger charge is -2.14. The summed E-state index contributed by atoms with van der Waals surface area (Å²) in [5, 5.41) is 3.17. The van der Waals surface area contributed by atoms with Crippen molar-refractivity contribution in [2.75, 3.05) is 0 Å². The normalized spacial score (nSPS) is 12.9. The lowest BCUT2D eigenvalue weighted by atomic mass is 10.1. The molecular formula is C11H17N5S. The molecule has 0 amide bonds. The van der Waals surface area contributed by atoms with E-state index in [1.54, 1.807) is 17.5 Å². The Kier molecular flexibility index (Phi) is 3.88. The molecule has 0 aliphatic rings. The highest BCUT2D eigenvalue weighted by molar-refractivity contribution is 7.09. The molecule has 0 saturated carbocycles. The number of nitrogens with zero attached hydrogens (tertiary/aromatic N) is 3. The lowest BCUT2D eigenvalue weighted by Crippen LogP contribution is -2.39. The number of hydrogen-bond acceptors (Lipinski definition) is 5. The van der Waals surface area contributed by atoms with Crippen LogP contribution in [0.15, 0.2) is 17.8 Å². The van der Waals surface area contributed by atoms with E-state index in [1.165, 1.54) is 0 Å². The molecular weight excluding hydrogens is 234 g/mol. The van der Waals surface area contributed by atoms with Gasteiger partial charge >= 0.3 is 0 Å². The number of hydrazine groups is 1. The quantitative estimate of drug-likeness (QED) is 0.609. The fourth-order valence-corrected chi connectivity index (χ4v) is 2.38. The second kappa shape index (κ2) is 5.39. The summed E-state index contributed by atoms with van der Waals surface area (Å²) < 4.78 is 2.01. The third-order valence-corrected chi connectivity index (χ3v) is 3.53. The molecule has 92 valence electrons. The molecule has 5 nitrogen and oxygen atoms in total. The maximum Gasteiger partial charge on any atom is 0.109 e. The van der Waals surface area contributed by atoms with E-state index in [1.807, 2.05) is 24.7 Å². The van der Waals surface area contributed by atoms with Crippen molar-refractivity contribution < 1.29 is 0 Å². The van der Waals surface area contributed by atoms with Crippen LogP contribution < -0.4 is 11.3 Å². The van der Waals surface area contributed by atoms with Crippen LogP contribution >= 0.6 is 11.3 Å². The van der Waals surface area contributed by atoms with E-state index in [2.05, 4.69) is 20.8 Å². The number of aryl methyl sites for hydroxylation is 2. The van der Waals surface area contributed by atoms with Crippen LogP contribution in [-0.2, 0) is 19.9 Å². The Balaban J connectivity index is 2.00. The van der Waals surface area contributed by atoms with Crippen LogP contribution in [0, 0.1) is 6.92 Å². The predicted molar refractivity (Wildman–Crippen MR) is 68.6 cm³/mol. The van der Waals surface area contributed by atoms with E-state index in [0.717, 1.165) is 29.4 Å². The second-order valence-corrected chi connectivity index (χ2v) is 5.15. The minimum atomic E-state index is 0.164. The standard InChI is InChI=1S/C11H17N5S/c1-8-14-10(7-17-8)5-9(15-12)6-11-13-3-4-16(11)2/h3-4,7,9,15H,5-6,12H2,1-2H3. The van der Waals surface area contributed by atoms with Crippen molar-refractivity contribution in [2.45, 2.75) is 25.8 Å². The highest BCUT2D eigenvalue weighted by Crippen LogP contribution is 2.11. The molecule has 0 fully saturated rings. The Hall–Kier alpha value is -1.24. The van der Waals surface area contributed by atoms with Crippen molar-refractivity contribution in [3.05, 3.63) is 34.3 Å². The predicted octanol–water partition coefficient (Wildman–Crippen LogP) is 0.802. The van der Waals surface area contributed by atoms with Crippen molar-refractivity contribution >= 4 is 11.3 Å². The number of aromatic nitrogens is 3. The first-order valence-electron chi connectivity index (χ1n) is 5.52. The number of rotatable bonds is 5. The topological polar surface area (TPSA) is 68.8 Å². The van der Waals surface area contributed by atoms with E-state index in [-0.39, 0.29) is 6.04 Å². The van der Waals surface area contributed by atoms with Gasteiger partial charge in [0.05, 0.1) is 10.7 Å². The van der Waals surface area contributed by atoms with Crippen molar-refractivity contribution in [2.24, 2.45) is 12.9 Å². The molecule has 0 aromatic carbocycles. The molecule has 0 aliphatic carbocycles. The molecule has 0 radical (unpaired) electrons. The molecule has 6 heteroatoms. The minimum absolute atomic E-state index is 0.164. The van der Waals surface area contributed by atoms with Crippen molar-refractivity contribution in [3.63, 3.8) is 0 Å². The molecule has 2 heterocycles. The molecule has 0 saturated heterocycles. The monoisotopic (exact) mass is 251 g/mol. The maximum absolute atomic E-state index is 5.58. The van der Waals surface area contributed by atoms with Crippen LogP contribution in [0.25, 0.3) is 0 Å². The van der Waals surface area contributed by atoms with E-state index in [0.29, 0.717) is 0 Å². The van der Waals surface area contributed by atoms with Gasteiger partial charge in [0.2, 0.25) is 0 Å². The summed E-state index contributed by atoms with van der Waals surface area (Å²) in [4.78, 5) is 8.75. The Morgan fingerprint density at radius 1 is 1.53 bits per heavy atom. The third kappa shape index (κ3) is 3.12. The molecule has 3 N–H and O–H groups in total. The van der Waals surface area contributed by atoms with Crippen LogP contribution in [0.5, 0.6) is 0 Å². The van der Waals surface area contributed by atoms with Crippen LogP contribution in [0.4, 0.5) is 0 Å². The summed E-state index contributed by atoms with van der Waals surface area (Å²) in [6.45, 7) is 2.01. The van der Waals surface area contributed by atoms with Gasteiger partial charge in [0.1, 0.15) is 5.82 Å². The number of nitrogens with two attached hydrogens (primary N) is 1. The third-order valence-electron chi connectivity index (χ3n) is 2.71. The van der Waals surface area contributed by atoms with Crippen LogP contribution in [0.1, 0.15) is 16.5 Å². The highest BCUT2D eigenvalue weighted by Gasteiger charge is 2.13. The Morgan fingerprint density at radius 3 is 2.88 bits per heavy atom. The number of thiazole rings is 1. The van der Waals surface area contributed by atoms with E-state index in [9.17, 15) is 0 Å². The summed E-state index contributed by atoms with van der Waals surface area (Å²) in [6, 6.07) is 0.164. The second-order valence-electron chi connectivity index (χ2n) is 4.08. The van der Waals surface area contributed by atoms with Gasteiger partial charge in [-0.05, 0) is 6.92 Å². The molecule has 2 aromatic heterocycles. The maximum atomic E-state index is 5.58. The first kappa shape index (κ1) is 12.2. The van der Waals surface area contributed by atoms with Gasteiger partial charge in [-0.1, -0.05) is 0 Å². The summed E-state index contributed by atoms with van der Waals surface area (Å²) >= 11 is 1.67. The van der Waals surface area contributed by atoms with Crippen molar-refractivity contribution in [1.29, 1.82) is 0 Å². The molecule has 1 unspecified atom stereocenters. The largest absolute Gasteiger partial charge is 0.338 e. The average Bonchev–Trinajstić information content (AvgIpc) is 2.88. The zero-order chi connectivity index (χ0) is 12.3. The molecule has 2 rings (SSSR count). The van der Waals surface area contributed by atoms with E-state index >= 15 is 0 Å². The van der Waals surface area contributed by atoms with Gasteiger partial charge in [0, 0.05) is 43.7 Å². The van der Waals surface area contributed by atoms with Gasteiger partial charge in [0.25, 0.3) is 0 Å². The number of hydrogen-bond donors (Lipinski definition) is 2. The van der Waals surface area contributed by atoms with Gasteiger partial charge in [-0.2, -0.15) is 0 Å². The van der Waals surface area contributed by atoms with E-state index < -0.39 is 0 Å². The summed E-state index contributed by atoms with van der Waals surface area (Å²) in [6.07, 6.45) is 5.37. The van der Waals surface area contributed by atoms with Gasteiger partial charge in [-0.3, -0.25) is 11.3 Å². The van der Waals surface area contributed by atoms with Gasteiger partial charge < -0.3 is 4.57 Å². The number of nitrogens with one attached hydrogen (secondary N) is 1. The molecule has 17 heavy (non-hydrogen) atoms. The summed E-state index contributed by atoms with van der Waals surface area (Å²) in [7, 11) is 1.99. The molecule has 0 aliphatic heterocycles. The molecule has 2 aromatic rings. The minimum Gasteiger partial charge on any atom is -0.338 e. The zero-order valence-electron chi connectivity index (χ0n) is 10.1. The highest BCUT2D eigenvalue weighted by atomic mass is 32.1. The molecule has 0 spiro atoms. The SMILES string of the molecule is Cc1nc(CC(Cc2nccn2C)NN)cs1. The van der Waals surface area contributed by atoms with Crippen LogP contribution in [0.2, 0.25) is 0 Å². The van der Waals surface area contributed by atoms with Gasteiger partial charge in [0.15, 0.2) is 0 Å². The lowest BCUT2D eigenvalue weighted by molar-refractivity contribution is 0.501. The fourth-order valence-electron chi connectivity index (χ4n) is 1.76. The zero-order valence-corrected chi connectivity index (χ0v) is 10.9. The first-order chi connectivity index (χ1) is 8.19. The fraction of sp³-hybridized carbons (Fsp3) is 0.455. The first-order valence-corrected chi connectivity index (χ1v) is 6.40. The van der Waals surface area contributed by atoms with Crippen molar-refractivity contribution in [3.8, 4) is 0 Å². The van der Waals surface area contributed by atoms with Gasteiger partial charge in [-0.15, -0.1) is 11.3 Å². The molecule has 1 atom stereocenters. The Morgan fingerprint density at radius 2 is 2.35 bits per heavy atom. The van der Waals surface area contributed by atoms with Crippen molar-refractivity contribution in [1.82, 2.24) is 20.0 Å². The number of imidazole rings is 1.